The maximum Gasteiger partial charge on any atom is 0.257 e. The molecule has 0 atom stereocenters. The first-order valence-corrected chi connectivity index (χ1v) is 8.27. The fourth-order valence-corrected chi connectivity index (χ4v) is 2.98. The zero-order valence-corrected chi connectivity index (χ0v) is 14.0. The molecule has 3 heterocycles. The second-order valence-electron chi connectivity index (χ2n) is 6.16. The number of ether oxygens (including phenoxy) is 1. The fourth-order valence-electron chi connectivity index (χ4n) is 2.98. The summed E-state index contributed by atoms with van der Waals surface area (Å²) in [6, 6.07) is 9.49. The van der Waals surface area contributed by atoms with Gasteiger partial charge in [0.2, 0.25) is 0 Å². The Bertz CT molecular complexity index is 879. The van der Waals surface area contributed by atoms with E-state index in [4.69, 9.17) is 9.15 Å². The predicted molar refractivity (Wildman–Crippen MR) is 91.3 cm³/mol. The molecule has 0 saturated carbocycles. The highest BCUT2D eigenvalue weighted by molar-refractivity contribution is 5.95. The predicted octanol–water partition coefficient (Wildman–Crippen LogP) is 3.09. The minimum atomic E-state index is -0.0449. The Balaban J connectivity index is 1.46. The van der Waals surface area contributed by atoms with Crippen LogP contribution in [0.2, 0.25) is 0 Å². The van der Waals surface area contributed by atoms with Gasteiger partial charge in [-0.25, -0.2) is 4.98 Å². The van der Waals surface area contributed by atoms with Gasteiger partial charge in [0.05, 0.1) is 36.1 Å². The monoisotopic (exact) mass is 337 g/mol. The van der Waals surface area contributed by atoms with E-state index in [2.05, 4.69) is 9.97 Å². The zero-order valence-electron chi connectivity index (χ0n) is 14.0. The molecule has 0 bridgehead atoms. The summed E-state index contributed by atoms with van der Waals surface area (Å²) in [6.45, 7) is 3.44. The summed E-state index contributed by atoms with van der Waals surface area (Å²) in [4.78, 5) is 22.0. The number of nitrogens with zero attached hydrogens (tertiary/aromatic N) is 2. The van der Waals surface area contributed by atoms with E-state index in [1.165, 1.54) is 11.8 Å². The molecule has 1 aliphatic rings. The molecule has 6 nitrogen and oxygen atoms in total. The Hall–Kier alpha value is -3.02. The summed E-state index contributed by atoms with van der Waals surface area (Å²) in [6.07, 6.45) is 3.97. The highest BCUT2D eigenvalue weighted by atomic mass is 16.5. The van der Waals surface area contributed by atoms with Crippen LogP contribution in [0, 0.1) is 6.92 Å². The lowest BCUT2D eigenvalue weighted by Gasteiger charge is -2.26. The summed E-state index contributed by atoms with van der Waals surface area (Å²) >= 11 is 0. The largest absolute Gasteiger partial charge is 0.486 e. The highest BCUT2D eigenvalue weighted by Crippen LogP contribution is 2.21. The number of imidazole rings is 1. The van der Waals surface area contributed by atoms with Crippen molar-refractivity contribution in [3.8, 4) is 5.75 Å². The van der Waals surface area contributed by atoms with E-state index in [0.29, 0.717) is 24.4 Å². The minimum Gasteiger partial charge on any atom is -0.486 e. The summed E-state index contributed by atoms with van der Waals surface area (Å²) in [5, 5.41) is 0. The van der Waals surface area contributed by atoms with Gasteiger partial charge in [0.25, 0.3) is 5.91 Å². The Kier molecular flexibility index (Phi) is 4.01. The van der Waals surface area contributed by atoms with Gasteiger partial charge >= 0.3 is 0 Å². The molecular weight excluding hydrogens is 318 g/mol. The number of nitrogens with one attached hydrogen (secondary N) is 1. The van der Waals surface area contributed by atoms with Gasteiger partial charge < -0.3 is 19.0 Å². The van der Waals surface area contributed by atoms with Crippen LogP contribution < -0.4 is 4.74 Å². The Labute approximate surface area is 145 Å². The summed E-state index contributed by atoms with van der Waals surface area (Å²) < 4.78 is 11.2. The van der Waals surface area contributed by atoms with Gasteiger partial charge in [0.1, 0.15) is 12.4 Å². The molecule has 1 amide bonds. The minimum absolute atomic E-state index is 0.0449. The number of hydrogen-bond donors (Lipinski definition) is 1. The molecule has 0 unspecified atom stereocenters. The second-order valence-corrected chi connectivity index (χ2v) is 6.16. The van der Waals surface area contributed by atoms with Crippen molar-refractivity contribution in [2.24, 2.45) is 0 Å². The van der Waals surface area contributed by atoms with Crippen LogP contribution in [0.3, 0.4) is 0 Å². The molecule has 0 fully saturated rings. The quantitative estimate of drug-likeness (QED) is 0.794. The van der Waals surface area contributed by atoms with E-state index in [9.17, 15) is 4.79 Å². The molecule has 0 spiro atoms. The molecule has 0 saturated heterocycles. The number of benzene rings is 1. The Morgan fingerprint density at radius 1 is 1.32 bits per heavy atom. The van der Waals surface area contributed by atoms with Crippen LogP contribution in [0.5, 0.6) is 5.75 Å². The van der Waals surface area contributed by atoms with Crippen LogP contribution in [0.4, 0.5) is 0 Å². The molecule has 1 aromatic carbocycles. The molecule has 2 aromatic heterocycles. The lowest BCUT2D eigenvalue weighted by atomic mass is 10.1. The van der Waals surface area contributed by atoms with Crippen LogP contribution >= 0.6 is 0 Å². The number of carbonyl (C=O) groups excluding carboxylic acids is 1. The molecule has 0 radical (unpaired) electrons. The van der Waals surface area contributed by atoms with Crippen LogP contribution in [0.25, 0.3) is 0 Å². The number of H-pyrrole nitrogens is 1. The van der Waals surface area contributed by atoms with Gasteiger partial charge in [-0.1, -0.05) is 17.7 Å². The van der Waals surface area contributed by atoms with E-state index >= 15 is 0 Å². The molecule has 1 aliphatic heterocycles. The zero-order chi connectivity index (χ0) is 17.2. The second kappa shape index (κ2) is 6.47. The Morgan fingerprint density at radius 2 is 2.16 bits per heavy atom. The summed E-state index contributed by atoms with van der Waals surface area (Å²) in [7, 11) is 0. The van der Waals surface area contributed by atoms with Crippen LogP contribution in [0.15, 0.2) is 47.3 Å². The van der Waals surface area contributed by atoms with E-state index in [-0.39, 0.29) is 12.5 Å². The van der Waals surface area contributed by atoms with E-state index < -0.39 is 0 Å². The van der Waals surface area contributed by atoms with Gasteiger partial charge in [-0.2, -0.15) is 0 Å². The van der Waals surface area contributed by atoms with E-state index in [0.717, 1.165) is 23.6 Å². The van der Waals surface area contributed by atoms with Gasteiger partial charge in [-0.15, -0.1) is 0 Å². The van der Waals surface area contributed by atoms with Crippen LogP contribution in [-0.4, -0.2) is 27.3 Å². The number of amides is 1. The van der Waals surface area contributed by atoms with Crippen molar-refractivity contribution in [1.82, 2.24) is 14.9 Å². The smallest absolute Gasteiger partial charge is 0.257 e. The number of hydrogen-bond acceptors (Lipinski definition) is 4. The topological polar surface area (TPSA) is 71.4 Å². The first-order chi connectivity index (χ1) is 12.2. The van der Waals surface area contributed by atoms with Gasteiger partial charge in [0.15, 0.2) is 5.76 Å². The van der Waals surface area contributed by atoms with Crippen molar-refractivity contribution >= 4 is 5.91 Å². The van der Waals surface area contributed by atoms with E-state index in [1.807, 2.05) is 31.2 Å². The molecular formula is C19H19N3O3. The normalized spacial score (nSPS) is 13.6. The third-order valence-electron chi connectivity index (χ3n) is 4.43. The molecule has 6 heteroatoms. The number of aryl methyl sites for hydroxylation is 1. The number of rotatable bonds is 4. The van der Waals surface area contributed by atoms with Crippen molar-refractivity contribution < 1.29 is 13.9 Å². The number of fused-ring (bicyclic) bond motifs is 1. The third-order valence-corrected chi connectivity index (χ3v) is 4.43. The molecule has 25 heavy (non-hydrogen) atoms. The fraction of sp³-hybridized carbons (Fsp3) is 0.263. The van der Waals surface area contributed by atoms with Gasteiger partial charge in [-0.05, 0) is 25.1 Å². The van der Waals surface area contributed by atoms with Crippen molar-refractivity contribution in [1.29, 1.82) is 0 Å². The van der Waals surface area contributed by atoms with E-state index in [1.54, 1.807) is 17.3 Å². The number of aromatic amines is 1. The maximum absolute atomic E-state index is 12.8. The van der Waals surface area contributed by atoms with Crippen LogP contribution in [0.1, 0.15) is 33.1 Å². The standard InChI is InChI=1S/C19H19N3O3/c1-13-2-4-14(5-3-13)25-11-18-15(7-9-24-18)19(23)22-8-6-16-17(10-22)21-12-20-16/h2-5,7,9,12H,6,8,10-11H2,1H3,(H,20,21). The number of furan rings is 1. The van der Waals surface area contributed by atoms with Gasteiger partial charge in [0, 0.05) is 13.0 Å². The van der Waals surface area contributed by atoms with Gasteiger partial charge in [-0.3, -0.25) is 4.79 Å². The first-order valence-electron chi connectivity index (χ1n) is 8.27. The first kappa shape index (κ1) is 15.5. The van der Waals surface area contributed by atoms with Crippen molar-refractivity contribution in [2.75, 3.05) is 6.54 Å². The SMILES string of the molecule is Cc1ccc(OCc2occc2C(=O)N2CCc3nc[nH]c3C2)cc1. The average Bonchev–Trinajstić information content (AvgIpc) is 3.29. The van der Waals surface area contributed by atoms with Crippen molar-refractivity contribution in [2.45, 2.75) is 26.5 Å². The van der Waals surface area contributed by atoms with Crippen LogP contribution in [-0.2, 0) is 19.6 Å². The highest BCUT2D eigenvalue weighted by Gasteiger charge is 2.26. The average molecular weight is 337 g/mol. The number of aromatic nitrogens is 2. The molecule has 128 valence electrons. The summed E-state index contributed by atoms with van der Waals surface area (Å²) in [5.74, 6) is 1.25. The molecule has 0 aliphatic carbocycles. The van der Waals surface area contributed by atoms with Crippen molar-refractivity contribution in [3.63, 3.8) is 0 Å². The Morgan fingerprint density at radius 3 is 3.00 bits per heavy atom. The maximum atomic E-state index is 12.8. The molecule has 4 rings (SSSR count). The molecule has 1 N–H and O–H groups in total. The lowest BCUT2D eigenvalue weighted by Crippen LogP contribution is -2.36. The summed E-state index contributed by atoms with van der Waals surface area (Å²) in [5.41, 5.74) is 3.76. The van der Waals surface area contributed by atoms with Crippen molar-refractivity contribution in [3.05, 3.63) is 71.2 Å². The third kappa shape index (κ3) is 3.15. The molecule has 3 aromatic rings. The number of carbonyl (C=O) groups is 1. The lowest BCUT2D eigenvalue weighted by molar-refractivity contribution is 0.0727.